The van der Waals surface area contributed by atoms with Crippen LogP contribution < -0.4 is 0 Å². The summed E-state index contributed by atoms with van der Waals surface area (Å²) in [6, 6.07) is 1.44. The van der Waals surface area contributed by atoms with Crippen molar-refractivity contribution in [3.8, 4) is 0 Å². The van der Waals surface area contributed by atoms with E-state index in [1.807, 2.05) is 0 Å². The maximum absolute atomic E-state index is 2.78. The van der Waals surface area contributed by atoms with Crippen molar-refractivity contribution in [2.45, 2.75) is 92.2 Å². The van der Waals surface area contributed by atoms with E-state index >= 15 is 0 Å². The van der Waals surface area contributed by atoms with Crippen molar-refractivity contribution in [1.82, 2.24) is 10.0 Å². The number of hydrogen-bond donors (Lipinski definition) is 0. The molecule has 2 nitrogen and oxygen atoms in total. The molecule has 0 spiro atoms. The molecule has 2 aliphatic heterocycles. The Morgan fingerprint density at radius 1 is 0.600 bits per heavy atom. The third kappa shape index (κ3) is 3.57. The zero-order chi connectivity index (χ0) is 15.0. The van der Waals surface area contributed by atoms with Crippen molar-refractivity contribution in [1.29, 1.82) is 0 Å². The number of nitrogens with zero attached hydrogens (tertiary/aromatic N) is 2. The van der Waals surface area contributed by atoms with Crippen LogP contribution in [0.1, 0.15) is 80.1 Å². The number of rotatable bonds is 1. The molecule has 0 amide bonds. The molecule has 0 N–H and O–H groups in total. The van der Waals surface area contributed by atoms with Crippen LogP contribution in [0, 0.1) is 10.8 Å². The van der Waals surface area contributed by atoms with Gasteiger partial charge in [0.05, 0.1) is 0 Å². The van der Waals surface area contributed by atoms with Crippen LogP contribution in [0.15, 0.2) is 0 Å². The molecule has 0 aliphatic carbocycles. The lowest BCUT2D eigenvalue weighted by Gasteiger charge is -2.55. The largest absolute Gasteiger partial charge is 0.238 e. The fourth-order valence-electron chi connectivity index (χ4n) is 4.21. The second-order valence-corrected chi connectivity index (χ2v) is 9.08. The molecule has 2 heteroatoms. The van der Waals surface area contributed by atoms with Gasteiger partial charge in [0.2, 0.25) is 0 Å². The first-order valence-corrected chi connectivity index (χ1v) is 8.74. The average molecular weight is 280 g/mol. The summed E-state index contributed by atoms with van der Waals surface area (Å²) < 4.78 is 0. The number of hydrogen-bond acceptors (Lipinski definition) is 2. The summed E-state index contributed by atoms with van der Waals surface area (Å²) in [6.07, 6.45) is 8.31. The van der Waals surface area contributed by atoms with Crippen molar-refractivity contribution >= 4 is 0 Å². The minimum atomic E-state index is 0.389. The molecule has 0 aromatic rings. The maximum atomic E-state index is 2.78. The Labute approximate surface area is 126 Å². The molecule has 0 aromatic heterocycles. The van der Waals surface area contributed by atoms with Crippen LogP contribution in [-0.4, -0.2) is 35.2 Å². The minimum absolute atomic E-state index is 0.389. The highest BCUT2D eigenvalue weighted by Crippen LogP contribution is 2.38. The SMILES string of the molecule is CC(C)(C)C1CCCCN1N1CCCCC1C(C)(C)C. The molecule has 118 valence electrons. The Bertz CT molecular complexity index is 278. The normalized spacial score (nSPS) is 31.5. The standard InChI is InChI=1S/C18H36N2/c1-17(2,3)15-11-7-9-13-19(15)20-14-10-8-12-16(20)18(4,5)6/h15-16H,7-14H2,1-6H3. The van der Waals surface area contributed by atoms with Crippen LogP contribution in [-0.2, 0) is 0 Å². The van der Waals surface area contributed by atoms with Crippen LogP contribution in [0.5, 0.6) is 0 Å². The van der Waals surface area contributed by atoms with Gasteiger partial charge in [-0.25, -0.2) is 10.0 Å². The molecular formula is C18H36N2. The molecule has 0 bridgehead atoms. The van der Waals surface area contributed by atoms with Gasteiger partial charge in [-0.15, -0.1) is 0 Å². The molecule has 0 radical (unpaired) electrons. The summed E-state index contributed by atoms with van der Waals surface area (Å²) in [6.45, 7) is 17.1. The molecule has 2 saturated heterocycles. The van der Waals surface area contributed by atoms with Gasteiger partial charge in [-0.2, -0.15) is 0 Å². The van der Waals surface area contributed by atoms with E-state index in [2.05, 4.69) is 51.6 Å². The van der Waals surface area contributed by atoms with Gasteiger partial charge in [-0.05, 0) is 36.5 Å². The zero-order valence-corrected chi connectivity index (χ0v) is 14.7. The molecule has 2 atom stereocenters. The summed E-state index contributed by atoms with van der Waals surface area (Å²) in [5.74, 6) is 0. The molecule has 2 fully saturated rings. The van der Waals surface area contributed by atoms with Crippen molar-refractivity contribution in [2.24, 2.45) is 10.8 Å². The monoisotopic (exact) mass is 280 g/mol. The van der Waals surface area contributed by atoms with Crippen LogP contribution in [0.2, 0.25) is 0 Å². The van der Waals surface area contributed by atoms with Gasteiger partial charge >= 0.3 is 0 Å². The highest BCUT2D eigenvalue weighted by Gasteiger charge is 2.41. The lowest BCUT2D eigenvalue weighted by molar-refractivity contribution is -0.164. The molecule has 0 saturated carbocycles. The summed E-state index contributed by atoms with van der Waals surface area (Å²) >= 11 is 0. The van der Waals surface area contributed by atoms with Gasteiger partial charge in [0, 0.05) is 25.2 Å². The first kappa shape index (κ1) is 16.3. The van der Waals surface area contributed by atoms with Crippen LogP contribution in [0.3, 0.4) is 0 Å². The van der Waals surface area contributed by atoms with Crippen LogP contribution in [0.4, 0.5) is 0 Å². The lowest BCUT2D eigenvalue weighted by atomic mass is 9.79. The number of hydrazine groups is 1. The Hall–Kier alpha value is -0.0800. The molecule has 20 heavy (non-hydrogen) atoms. The summed E-state index contributed by atoms with van der Waals surface area (Å²) in [5.41, 5.74) is 0.778. The smallest absolute Gasteiger partial charge is 0.0294 e. The summed E-state index contributed by atoms with van der Waals surface area (Å²) in [5, 5.41) is 5.55. The zero-order valence-electron chi connectivity index (χ0n) is 14.7. The van der Waals surface area contributed by atoms with Crippen LogP contribution >= 0.6 is 0 Å². The third-order valence-electron chi connectivity index (χ3n) is 5.28. The molecule has 2 heterocycles. The molecule has 2 aliphatic rings. The fraction of sp³-hybridized carbons (Fsp3) is 1.00. The second-order valence-electron chi connectivity index (χ2n) is 9.08. The predicted molar refractivity (Wildman–Crippen MR) is 87.6 cm³/mol. The Morgan fingerprint density at radius 3 is 1.25 bits per heavy atom. The summed E-state index contributed by atoms with van der Waals surface area (Å²) in [4.78, 5) is 0. The Morgan fingerprint density at radius 2 is 0.950 bits per heavy atom. The molecule has 2 unspecified atom stereocenters. The van der Waals surface area contributed by atoms with Gasteiger partial charge in [-0.1, -0.05) is 54.4 Å². The van der Waals surface area contributed by atoms with Crippen molar-refractivity contribution in [2.75, 3.05) is 13.1 Å². The third-order valence-corrected chi connectivity index (χ3v) is 5.28. The fourth-order valence-corrected chi connectivity index (χ4v) is 4.21. The Kier molecular flexibility index (Phi) is 4.86. The molecule has 0 aromatic carbocycles. The van der Waals surface area contributed by atoms with E-state index in [9.17, 15) is 0 Å². The van der Waals surface area contributed by atoms with E-state index in [-0.39, 0.29) is 0 Å². The highest BCUT2D eigenvalue weighted by molar-refractivity contribution is 4.91. The van der Waals surface area contributed by atoms with E-state index in [4.69, 9.17) is 0 Å². The van der Waals surface area contributed by atoms with E-state index < -0.39 is 0 Å². The topological polar surface area (TPSA) is 6.48 Å². The van der Waals surface area contributed by atoms with Gasteiger partial charge in [0.15, 0.2) is 0 Å². The maximum Gasteiger partial charge on any atom is 0.0294 e. The minimum Gasteiger partial charge on any atom is -0.238 e. The van der Waals surface area contributed by atoms with Gasteiger partial charge < -0.3 is 0 Å². The lowest BCUT2D eigenvalue weighted by Crippen LogP contribution is -2.62. The highest BCUT2D eigenvalue weighted by atomic mass is 15.7. The van der Waals surface area contributed by atoms with E-state index in [1.54, 1.807) is 0 Å². The van der Waals surface area contributed by atoms with E-state index in [0.29, 0.717) is 10.8 Å². The molecule has 2 rings (SSSR count). The van der Waals surface area contributed by atoms with Crippen molar-refractivity contribution < 1.29 is 0 Å². The summed E-state index contributed by atoms with van der Waals surface area (Å²) in [7, 11) is 0. The molecular weight excluding hydrogens is 244 g/mol. The second kappa shape index (κ2) is 5.96. The van der Waals surface area contributed by atoms with Gasteiger partial charge in [0.25, 0.3) is 0 Å². The van der Waals surface area contributed by atoms with Crippen LogP contribution in [0.25, 0.3) is 0 Å². The first-order chi connectivity index (χ1) is 9.21. The quantitative estimate of drug-likeness (QED) is 0.687. The Balaban J connectivity index is 2.21. The first-order valence-electron chi connectivity index (χ1n) is 8.74. The van der Waals surface area contributed by atoms with E-state index in [1.165, 1.54) is 51.6 Å². The average Bonchev–Trinajstić information content (AvgIpc) is 2.37. The predicted octanol–water partition coefficient (Wildman–Crippen LogP) is 4.70. The van der Waals surface area contributed by atoms with E-state index in [0.717, 1.165) is 12.1 Å². The number of piperidine rings is 2. The van der Waals surface area contributed by atoms with Gasteiger partial charge in [0.1, 0.15) is 0 Å². The van der Waals surface area contributed by atoms with Crippen molar-refractivity contribution in [3.05, 3.63) is 0 Å². The van der Waals surface area contributed by atoms with Gasteiger partial charge in [-0.3, -0.25) is 0 Å². The van der Waals surface area contributed by atoms with Crippen molar-refractivity contribution in [3.63, 3.8) is 0 Å².